The van der Waals surface area contributed by atoms with E-state index in [4.69, 9.17) is 0 Å². The molecule has 0 atom stereocenters. The van der Waals surface area contributed by atoms with Gasteiger partial charge in [0.1, 0.15) is 0 Å². The molecule has 0 saturated carbocycles. The van der Waals surface area contributed by atoms with Crippen LogP contribution in [0.3, 0.4) is 0 Å². The van der Waals surface area contributed by atoms with Crippen molar-refractivity contribution >= 4 is 19.6 Å². The molecular formula is C7H13Te+. The van der Waals surface area contributed by atoms with E-state index in [2.05, 4.69) is 12.7 Å². The van der Waals surface area contributed by atoms with Gasteiger partial charge < -0.3 is 0 Å². The third-order valence-corrected chi connectivity index (χ3v) is 8.43. The van der Waals surface area contributed by atoms with Gasteiger partial charge in [-0.3, -0.25) is 0 Å². The van der Waals surface area contributed by atoms with Crippen molar-refractivity contribution in [2.75, 3.05) is 0 Å². The minimum absolute atomic E-state index is 0.466. The average Bonchev–Trinajstić information content (AvgIpc) is 2.19. The van der Waals surface area contributed by atoms with E-state index >= 15 is 0 Å². The molecule has 0 aromatic rings. The van der Waals surface area contributed by atoms with E-state index in [1.807, 2.05) is 0 Å². The van der Waals surface area contributed by atoms with Crippen molar-refractivity contribution in [2.45, 2.75) is 26.2 Å². The molecule has 0 unspecified atom stereocenters. The van der Waals surface area contributed by atoms with Gasteiger partial charge in [-0.25, -0.2) is 0 Å². The van der Waals surface area contributed by atoms with Gasteiger partial charge in [-0.1, -0.05) is 0 Å². The molecule has 1 aliphatic heterocycles. The van der Waals surface area contributed by atoms with E-state index in [-0.39, 0.29) is 0 Å². The summed E-state index contributed by atoms with van der Waals surface area (Å²) in [5.74, 6) is 0. The van der Waals surface area contributed by atoms with Crippen LogP contribution < -0.4 is 0 Å². The summed E-state index contributed by atoms with van der Waals surface area (Å²) < 4.78 is 4.66. The molecule has 1 heteroatoms. The van der Waals surface area contributed by atoms with Crippen LogP contribution in [0, 0.1) is 0 Å². The van der Waals surface area contributed by atoms with Gasteiger partial charge >= 0.3 is 58.5 Å². The molecule has 1 fully saturated rings. The summed E-state index contributed by atoms with van der Waals surface area (Å²) in [6.07, 6.45) is 5.19. The average molecular weight is 225 g/mol. The molecule has 0 nitrogen and oxygen atoms in total. The van der Waals surface area contributed by atoms with Crippen molar-refractivity contribution in [1.29, 1.82) is 0 Å². The van der Waals surface area contributed by atoms with Crippen molar-refractivity contribution in [3.63, 3.8) is 0 Å². The van der Waals surface area contributed by atoms with Crippen LogP contribution in [-0.2, 0) is 0 Å². The van der Waals surface area contributed by atoms with Gasteiger partial charge in [0.2, 0.25) is 0 Å². The second-order valence-electron chi connectivity index (χ2n) is 2.18. The van der Waals surface area contributed by atoms with Gasteiger partial charge in [0.25, 0.3) is 0 Å². The van der Waals surface area contributed by atoms with Crippen molar-refractivity contribution in [2.24, 2.45) is 0 Å². The van der Waals surface area contributed by atoms with Gasteiger partial charge in [-0.15, -0.1) is 0 Å². The second-order valence-corrected chi connectivity index (χ2v) is 8.96. The van der Waals surface area contributed by atoms with Crippen LogP contribution in [0.5, 0.6) is 0 Å². The zero-order valence-electron chi connectivity index (χ0n) is 5.23. The minimum atomic E-state index is -0.466. The molecule has 0 amide bonds. The van der Waals surface area contributed by atoms with Crippen LogP contribution in [0.1, 0.15) is 12.8 Å². The molecule has 1 heterocycles. The quantitative estimate of drug-likeness (QED) is 0.500. The summed E-state index contributed by atoms with van der Waals surface area (Å²) in [6, 6.07) is 0. The number of hydrogen-bond acceptors (Lipinski definition) is 0. The van der Waals surface area contributed by atoms with Crippen molar-refractivity contribution in [3.8, 4) is 0 Å². The Kier molecular flexibility index (Phi) is 2.94. The second kappa shape index (κ2) is 3.54. The maximum atomic E-state index is 3.77. The number of allylic oxidation sites excluding steroid dienone is 1. The predicted octanol–water partition coefficient (Wildman–Crippen LogP) is 2.46. The molecule has 0 radical (unpaired) electrons. The first kappa shape index (κ1) is 6.65. The predicted molar refractivity (Wildman–Crippen MR) is 39.6 cm³/mol. The Bertz CT molecular complexity index is 72.5. The van der Waals surface area contributed by atoms with Crippen molar-refractivity contribution < 1.29 is 0 Å². The number of rotatable bonds is 2. The SMILES string of the molecule is C=CC[Te+]1CCCC1. The zero-order chi connectivity index (χ0) is 5.82. The molecule has 1 aliphatic rings. The van der Waals surface area contributed by atoms with Crippen LogP contribution in [0.25, 0.3) is 0 Å². The van der Waals surface area contributed by atoms with E-state index in [1.165, 1.54) is 17.3 Å². The van der Waals surface area contributed by atoms with E-state index in [0.717, 1.165) is 0 Å². The Morgan fingerprint density at radius 1 is 1.38 bits per heavy atom. The molecule has 0 spiro atoms. The first-order valence-electron chi connectivity index (χ1n) is 3.18. The summed E-state index contributed by atoms with van der Waals surface area (Å²) in [5, 5.41) is 0. The summed E-state index contributed by atoms with van der Waals surface area (Å²) in [5.41, 5.74) is 0. The summed E-state index contributed by atoms with van der Waals surface area (Å²) in [4.78, 5) is 0. The van der Waals surface area contributed by atoms with E-state index in [1.54, 1.807) is 8.94 Å². The fourth-order valence-electron chi connectivity index (χ4n) is 1.05. The molecule has 1 rings (SSSR count). The standard InChI is InChI=1S/C7H13Te/c1-2-5-8-6-3-4-7-8/h2H,1,3-7H2/q+1. The fraction of sp³-hybridized carbons (Fsp3) is 0.714. The molecule has 0 aromatic carbocycles. The molecular weight excluding hydrogens is 212 g/mol. The molecule has 8 heavy (non-hydrogen) atoms. The Morgan fingerprint density at radius 2 is 2.00 bits per heavy atom. The summed E-state index contributed by atoms with van der Waals surface area (Å²) in [6.45, 7) is 3.77. The maximum absolute atomic E-state index is 3.77. The molecule has 0 aliphatic carbocycles. The molecule has 1 saturated heterocycles. The Balaban J connectivity index is 2.14. The van der Waals surface area contributed by atoms with Crippen molar-refractivity contribution in [1.82, 2.24) is 0 Å². The normalized spacial score (nSPS) is 21.5. The van der Waals surface area contributed by atoms with Gasteiger partial charge in [-0.05, 0) is 0 Å². The van der Waals surface area contributed by atoms with Crippen LogP contribution in [0.2, 0.25) is 13.4 Å². The zero-order valence-corrected chi connectivity index (χ0v) is 7.56. The van der Waals surface area contributed by atoms with E-state index < -0.39 is 19.6 Å². The Morgan fingerprint density at radius 3 is 2.50 bits per heavy atom. The number of hydrogen-bond donors (Lipinski definition) is 0. The van der Waals surface area contributed by atoms with Crippen LogP contribution in [0.4, 0.5) is 0 Å². The van der Waals surface area contributed by atoms with Gasteiger partial charge in [0.05, 0.1) is 0 Å². The van der Waals surface area contributed by atoms with Gasteiger partial charge in [0.15, 0.2) is 0 Å². The Hall–Kier alpha value is 0.530. The topological polar surface area (TPSA) is 0 Å². The van der Waals surface area contributed by atoms with Gasteiger partial charge in [0, 0.05) is 0 Å². The monoisotopic (exact) mass is 227 g/mol. The van der Waals surface area contributed by atoms with Crippen LogP contribution in [-0.4, -0.2) is 19.6 Å². The van der Waals surface area contributed by atoms with E-state index in [9.17, 15) is 0 Å². The molecule has 0 aromatic heterocycles. The van der Waals surface area contributed by atoms with Crippen molar-refractivity contribution in [3.05, 3.63) is 12.7 Å². The van der Waals surface area contributed by atoms with E-state index in [0.29, 0.717) is 0 Å². The van der Waals surface area contributed by atoms with Crippen LogP contribution in [0.15, 0.2) is 12.7 Å². The van der Waals surface area contributed by atoms with Gasteiger partial charge in [-0.2, -0.15) is 0 Å². The molecule has 0 bridgehead atoms. The summed E-state index contributed by atoms with van der Waals surface area (Å²) >= 11 is -0.466. The molecule has 0 N–H and O–H groups in total. The third-order valence-electron chi connectivity index (χ3n) is 1.47. The fourth-order valence-corrected chi connectivity index (χ4v) is 7.03. The first-order valence-corrected chi connectivity index (χ1v) is 8.13. The van der Waals surface area contributed by atoms with Crippen LogP contribution >= 0.6 is 0 Å². The first-order chi connectivity index (χ1) is 3.93. The Labute approximate surface area is 58.6 Å². The molecule has 46 valence electrons. The third kappa shape index (κ3) is 1.80. The summed E-state index contributed by atoms with van der Waals surface area (Å²) in [7, 11) is 0.